The first kappa shape index (κ1) is 13.5. The first-order chi connectivity index (χ1) is 11.3. The first-order valence-corrected chi connectivity index (χ1v) is 7.50. The minimum absolute atomic E-state index is 0.0844. The smallest absolute Gasteiger partial charge is 0.252 e. The van der Waals surface area contributed by atoms with Crippen LogP contribution in [0.4, 0.5) is 0 Å². The number of nitrogens with zero attached hydrogens (tertiary/aromatic N) is 2. The monoisotopic (exact) mass is 301 g/mol. The number of aromatic nitrogens is 2. The fourth-order valence-corrected chi connectivity index (χ4v) is 2.77. The quantitative estimate of drug-likeness (QED) is 0.630. The summed E-state index contributed by atoms with van der Waals surface area (Å²) in [5.74, 6) is -0.0844. The van der Waals surface area contributed by atoms with E-state index in [1.165, 1.54) is 0 Å². The molecule has 0 aliphatic carbocycles. The zero-order valence-corrected chi connectivity index (χ0v) is 12.4. The number of hydrogen-bond acceptors (Lipinski definition) is 2. The van der Waals surface area contributed by atoms with Crippen LogP contribution < -0.4 is 5.32 Å². The molecular weight excluding hydrogens is 286 g/mol. The number of nitrogens with one attached hydrogen (secondary N) is 1. The number of amides is 1. The molecule has 0 bridgehead atoms. The Kier molecular flexibility index (Phi) is 3.27. The molecule has 2 heterocycles. The van der Waals surface area contributed by atoms with Crippen molar-refractivity contribution in [2.45, 2.75) is 6.54 Å². The average molecular weight is 301 g/mol. The van der Waals surface area contributed by atoms with Crippen LogP contribution >= 0.6 is 0 Å². The van der Waals surface area contributed by atoms with Crippen LogP contribution in [0.2, 0.25) is 0 Å². The SMILES string of the molecule is O=C(NCc1cc2ccccn2n1)c1cccc2ccccc12. The summed E-state index contributed by atoms with van der Waals surface area (Å²) in [6, 6.07) is 21.5. The van der Waals surface area contributed by atoms with Gasteiger partial charge in [-0.3, -0.25) is 4.79 Å². The van der Waals surface area contributed by atoms with Crippen molar-refractivity contribution < 1.29 is 4.79 Å². The van der Waals surface area contributed by atoms with Gasteiger partial charge in [-0.2, -0.15) is 5.10 Å². The second kappa shape index (κ2) is 5.57. The molecule has 2 aromatic carbocycles. The third-order valence-corrected chi connectivity index (χ3v) is 3.88. The van der Waals surface area contributed by atoms with E-state index >= 15 is 0 Å². The van der Waals surface area contributed by atoms with Crippen LogP contribution in [0.3, 0.4) is 0 Å². The fourth-order valence-electron chi connectivity index (χ4n) is 2.77. The number of pyridine rings is 1. The fraction of sp³-hybridized carbons (Fsp3) is 0.0526. The van der Waals surface area contributed by atoms with E-state index in [0.29, 0.717) is 12.1 Å². The van der Waals surface area contributed by atoms with Crippen LogP contribution in [0.25, 0.3) is 16.3 Å². The lowest BCUT2D eigenvalue weighted by Gasteiger charge is -2.07. The summed E-state index contributed by atoms with van der Waals surface area (Å²) in [5.41, 5.74) is 2.54. The van der Waals surface area contributed by atoms with Crippen LogP contribution in [0.5, 0.6) is 0 Å². The van der Waals surface area contributed by atoms with Crippen molar-refractivity contribution >= 4 is 22.2 Å². The highest BCUT2D eigenvalue weighted by molar-refractivity contribution is 6.06. The topological polar surface area (TPSA) is 46.4 Å². The predicted molar refractivity (Wildman–Crippen MR) is 90.3 cm³/mol. The van der Waals surface area contributed by atoms with Gasteiger partial charge in [0, 0.05) is 11.8 Å². The molecule has 112 valence electrons. The lowest BCUT2D eigenvalue weighted by molar-refractivity contribution is 0.0952. The van der Waals surface area contributed by atoms with Gasteiger partial charge in [0.25, 0.3) is 5.91 Å². The Morgan fingerprint density at radius 2 is 1.83 bits per heavy atom. The Bertz CT molecular complexity index is 965. The van der Waals surface area contributed by atoms with Crippen molar-refractivity contribution in [2.75, 3.05) is 0 Å². The van der Waals surface area contributed by atoms with E-state index < -0.39 is 0 Å². The maximum absolute atomic E-state index is 12.5. The molecule has 1 N–H and O–H groups in total. The van der Waals surface area contributed by atoms with Gasteiger partial charge < -0.3 is 5.32 Å². The normalized spacial score (nSPS) is 11.0. The van der Waals surface area contributed by atoms with Gasteiger partial charge >= 0.3 is 0 Å². The number of benzene rings is 2. The predicted octanol–water partition coefficient (Wildman–Crippen LogP) is 3.42. The molecule has 4 heteroatoms. The van der Waals surface area contributed by atoms with Gasteiger partial charge in [-0.15, -0.1) is 0 Å². The molecule has 0 saturated heterocycles. The van der Waals surface area contributed by atoms with E-state index in [1.807, 2.05) is 72.9 Å². The Labute approximate surface area is 133 Å². The van der Waals surface area contributed by atoms with Crippen molar-refractivity contribution in [1.29, 1.82) is 0 Å². The van der Waals surface area contributed by atoms with Crippen molar-refractivity contribution in [3.8, 4) is 0 Å². The van der Waals surface area contributed by atoms with Crippen LogP contribution in [-0.4, -0.2) is 15.5 Å². The molecule has 2 aromatic heterocycles. The second-order valence-electron chi connectivity index (χ2n) is 5.42. The molecule has 4 nitrogen and oxygen atoms in total. The molecular formula is C19H15N3O. The molecule has 0 aliphatic rings. The van der Waals surface area contributed by atoms with E-state index in [4.69, 9.17) is 0 Å². The average Bonchev–Trinajstić information content (AvgIpc) is 3.02. The van der Waals surface area contributed by atoms with Crippen LogP contribution in [0.1, 0.15) is 16.1 Å². The number of fused-ring (bicyclic) bond motifs is 2. The minimum Gasteiger partial charge on any atom is -0.346 e. The van der Waals surface area contributed by atoms with Gasteiger partial charge in [0.1, 0.15) is 0 Å². The molecule has 0 atom stereocenters. The van der Waals surface area contributed by atoms with E-state index in [1.54, 1.807) is 4.52 Å². The summed E-state index contributed by atoms with van der Waals surface area (Å²) < 4.78 is 1.80. The van der Waals surface area contributed by atoms with Gasteiger partial charge in [0.05, 0.1) is 17.8 Å². The van der Waals surface area contributed by atoms with Gasteiger partial charge in [0.2, 0.25) is 0 Å². The van der Waals surface area contributed by atoms with Crippen LogP contribution in [-0.2, 0) is 6.54 Å². The molecule has 0 unspecified atom stereocenters. The van der Waals surface area contributed by atoms with Crippen molar-refractivity contribution in [3.63, 3.8) is 0 Å². The summed E-state index contributed by atoms with van der Waals surface area (Å²) >= 11 is 0. The molecule has 4 rings (SSSR count). The molecule has 0 radical (unpaired) electrons. The van der Waals surface area contributed by atoms with Gasteiger partial charge in [-0.25, -0.2) is 4.52 Å². The van der Waals surface area contributed by atoms with Crippen molar-refractivity contribution in [2.24, 2.45) is 0 Å². The number of carbonyl (C=O) groups is 1. The highest BCUT2D eigenvalue weighted by Gasteiger charge is 2.10. The summed E-state index contributed by atoms with van der Waals surface area (Å²) in [6.07, 6.45) is 1.89. The summed E-state index contributed by atoms with van der Waals surface area (Å²) in [4.78, 5) is 12.5. The van der Waals surface area contributed by atoms with Gasteiger partial charge in [-0.1, -0.05) is 42.5 Å². The van der Waals surface area contributed by atoms with E-state index in [9.17, 15) is 4.79 Å². The largest absolute Gasteiger partial charge is 0.346 e. The maximum Gasteiger partial charge on any atom is 0.252 e. The molecule has 0 spiro atoms. The highest BCUT2D eigenvalue weighted by atomic mass is 16.1. The van der Waals surface area contributed by atoms with E-state index in [0.717, 1.165) is 22.0 Å². The number of rotatable bonds is 3. The number of hydrogen-bond donors (Lipinski definition) is 1. The second-order valence-corrected chi connectivity index (χ2v) is 5.42. The van der Waals surface area contributed by atoms with Crippen LogP contribution in [0.15, 0.2) is 72.9 Å². The molecule has 4 aromatic rings. The summed E-state index contributed by atoms with van der Waals surface area (Å²) in [5, 5.41) is 9.42. The minimum atomic E-state index is -0.0844. The van der Waals surface area contributed by atoms with E-state index in [2.05, 4.69) is 10.4 Å². The van der Waals surface area contributed by atoms with Gasteiger partial charge in [-0.05, 0) is 35.0 Å². The zero-order valence-electron chi connectivity index (χ0n) is 12.4. The number of carbonyl (C=O) groups excluding carboxylic acids is 1. The molecule has 0 fully saturated rings. The van der Waals surface area contributed by atoms with Crippen molar-refractivity contribution in [3.05, 3.63) is 84.2 Å². The third kappa shape index (κ3) is 2.55. The van der Waals surface area contributed by atoms with Gasteiger partial charge in [0.15, 0.2) is 0 Å². The summed E-state index contributed by atoms with van der Waals surface area (Å²) in [6.45, 7) is 0.406. The van der Waals surface area contributed by atoms with Crippen molar-refractivity contribution in [1.82, 2.24) is 14.9 Å². The Morgan fingerprint density at radius 3 is 2.74 bits per heavy atom. The van der Waals surface area contributed by atoms with Crippen LogP contribution in [0, 0.1) is 0 Å². The zero-order chi connectivity index (χ0) is 15.6. The maximum atomic E-state index is 12.5. The molecule has 1 amide bonds. The molecule has 23 heavy (non-hydrogen) atoms. The lowest BCUT2D eigenvalue weighted by atomic mass is 10.0. The first-order valence-electron chi connectivity index (χ1n) is 7.50. The molecule has 0 aliphatic heterocycles. The lowest BCUT2D eigenvalue weighted by Crippen LogP contribution is -2.23. The standard InChI is InChI=1S/C19H15N3O/c23-19(18-10-5-7-14-6-1-2-9-17(14)18)20-13-15-12-16-8-3-4-11-22(16)21-15/h1-12H,13H2,(H,20,23). The Balaban J connectivity index is 1.57. The van der Waals surface area contributed by atoms with E-state index in [-0.39, 0.29) is 5.91 Å². The Hall–Kier alpha value is -3.14. The highest BCUT2D eigenvalue weighted by Crippen LogP contribution is 2.18. The third-order valence-electron chi connectivity index (χ3n) is 3.88. The molecule has 0 saturated carbocycles. The Morgan fingerprint density at radius 1 is 1.00 bits per heavy atom. The summed E-state index contributed by atoms with van der Waals surface area (Å²) in [7, 11) is 0.